The number of alkyl halides is 11. The predicted octanol–water partition coefficient (Wildman–Crippen LogP) is 5.50. The minimum atomic E-state index is -8.12. The summed E-state index contributed by atoms with van der Waals surface area (Å²) >= 11 is 0. The molecule has 0 aliphatic rings. The highest BCUT2D eigenvalue weighted by atomic mass is 19.4. The fourth-order valence-electron chi connectivity index (χ4n) is 1.86. The van der Waals surface area contributed by atoms with Crippen LogP contribution in [-0.2, 0) is 5.92 Å². The predicted molar refractivity (Wildman–Crippen MR) is 58.0 cm³/mol. The van der Waals surface area contributed by atoms with Crippen LogP contribution in [0.1, 0.15) is 15.9 Å². The number of halogens is 15. The number of carboxylic acids is 1. The first-order valence-electron chi connectivity index (χ1n) is 6.26. The molecule has 0 bridgehead atoms. The summed E-state index contributed by atoms with van der Waals surface area (Å²) < 4.78 is 195. The number of hydrogen-bond acceptors (Lipinski definition) is 1. The lowest BCUT2D eigenvalue weighted by molar-refractivity contribution is -0.424. The Labute approximate surface area is 147 Å². The Kier molecular flexibility index (Phi) is 5.60. The van der Waals surface area contributed by atoms with E-state index in [1.165, 1.54) is 0 Å². The van der Waals surface area contributed by atoms with Crippen molar-refractivity contribution in [3.63, 3.8) is 0 Å². The van der Waals surface area contributed by atoms with Crippen LogP contribution in [0.2, 0.25) is 0 Å². The molecular weight excluding hydrogens is 461 g/mol. The van der Waals surface area contributed by atoms with Gasteiger partial charge in [-0.3, -0.25) is 0 Å². The topological polar surface area (TPSA) is 37.3 Å². The van der Waals surface area contributed by atoms with E-state index >= 15 is 0 Å². The molecule has 0 saturated heterocycles. The van der Waals surface area contributed by atoms with Crippen LogP contribution >= 0.6 is 0 Å². The van der Waals surface area contributed by atoms with E-state index in [2.05, 4.69) is 0 Å². The van der Waals surface area contributed by atoms with Crippen molar-refractivity contribution in [2.45, 2.75) is 29.9 Å². The second-order valence-electron chi connectivity index (χ2n) is 5.11. The Morgan fingerprint density at radius 1 is 0.586 bits per heavy atom. The maximum absolute atomic E-state index is 13.8. The number of carboxylic acid groups (broad SMARTS) is 1. The van der Waals surface area contributed by atoms with Gasteiger partial charge in [-0.05, 0) is 0 Å². The first-order valence-corrected chi connectivity index (χ1v) is 6.26. The first kappa shape index (κ1) is 24.7. The minimum Gasteiger partial charge on any atom is -0.478 e. The third kappa shape index (κ3) is 3.13. The zero-order chi connectivity index (χ0) is 23.5. The molecule has 0 unspecified atom stereocenters. The first-order chi connectivity index (χ1) is 12.6. The molecule has 0 fully saturated rings. The van der Waals surface area contributed by atoms with E-state index in [0.29, 0.717) is 0 Å². The van der Waals surface area contributed by atoms with Crippen LogP contribution in [0.3, 0.4) is 0 Å². The molecule has 1 rings (SSSR count). The highest BCUT2D eigenvalue weighted by Crippen LogP contribution is 2.60. The van der Waals surface area contributed by atoms with Gasteiger partial charge in [0.05, 0.1) is 5.56 Å². The van der Waals surface area contributed by atoms with Crippen molar-refractivity contribution < 1.29 is 75.8 Å². The van der Waals surface area contributed by atoms with Crippen LogP contribution < -0.4 is 0 Å². The molecule has 1 aromatic rings. The second-order valence-corrected chi connectivity index (χ2v) is 5.11. The zero-order valence-corrected chi connectivity index (χ0v) is 12.5. The molecule has 0 aliphatic heterocycles. The zero-order valence-electron chi connectivity index (χ0n) is 12.5. The van der Waals surface area contributed by atoms with Gasteiger partial charge in [0.1, 0.15) is 5.56 Å². The molecule has 166 valence electrons. The summed E-state index contributed by atoms with van der Waals surface area (Å²) in [6.45, 7) is 0. The third-order valence-corrected chi connectivity index (χ3v) is 3.33. The van der Waals surface area contributed by atoms with E-state index in [-0.39, 0.29) is 0 Å². The summed E-state index contributed by atoms with van der Waals surface area (Å²) in [5, 5.41) is 8.42. The van der Waals surface area contributed by atoms with Gasteiger partial charge >= 0.3 is 35.8 Å². The average Bonchev–Trinajstić information content (AvgIpc) is 2.53. The molecule has 0 aliphatic carbocycles. The Hall–Kier alpha value is -2.36. The van der Waals surface area contributed by atoms with Gasteiger partial charge in [0.25, 0.3) is 0 Å². The fraction of sp³-hybridized carbons (Fsp3) is 0.417. The van der Waals surface area contributed by atoms with Gasteiger partial charge in [0.15, 0.2) is 23.3 Å². The average molecular weight is 462 g/mol. The van der Waals surface area contributed by atoms with Crippen molar-refractivity contribution in [3.8, 4) is 0 Å². The molecular formula is C12HF15O2. The van der Waals surface area contributed by atoms with E-state index in [4.69, 9.17) is 5.11 Å². The summed E-state index contributed by atoms with van der Waals surface area (Å²) in [5.41, 5.74) is -7.18. The molecule has 17 heteroatoms. The van der Waals surface area contributed by atoms with Crippen molar-refractivity contribution >= 4 is 5.97 Å². The maximum atomic E-state index is 13.8. The molecule has 0 aromatic heterocycles. The number of benzene rings is 1. The molecule has 29 heavy (non-hydrogen) atoms. The lowest BCUT2D eigenvalue weighted by atomic mass is 9.89. The second kappa shape index (κ2) is 6.58. The summed E-state index contributed by atoms with van der Waals surface area (Å²) in [6, 6.07) is 0. The number of aromatic carboxylic acids is 1. The Morgan fingerprint density at radius 2 is 0.966 bits per heavy atom. The standard InChI is InChI=1S/C12HF15O2/c13-3-1(7(28)29)2(4(14)6(16)5(3)15)8(17,18)9(19,20)10(21,22)11(23,24)12(25,26)27/h(H,28,29). The van der Waals surface area contributed by atoms with Gasteiger partial charge in [-0.1, -0.05) is 0 Å². The molecule has 1 aromatic carbocycles. The quantitative estimate of drug-likeness (QED) is 0.357. The minimum absolute atomic E-state index is 3.21. The van der Waals surface area contributed by atoms with Crippen molar-refractivity contribution in [1.82, 2.24) is 0 Å². The number of carbonyl (C=O) groups is 1. The van der Waals surface area contributed by atoms with Gasteiger partial charge in [-0.2, -0.15) is 48.3 Å². The largest absolute Gasteiger partial charge is 0.478 e. The van der Waals surface area contributed by atoms with E-state index < -0.39 is 70.2 Å². The third-order valence-electron chi connectivity index (χ3n) is 3.33. The van der Waals surface area contributed by atoms with E-state index in [1.54, 1.807) is 0 Å². The van der Waals surface area contributed by atoms with Crippen LogP contribution in [0, 0.1) is 23.3 Å². The van der Waals surface area contributed by atoms with Gasteiger partial charge < -0.3 is 5.11 Å². The van der Waals surface area contributed by atoms with Crippen LogP contribution in [0.4, 0.5) is 65.9 Å². The number of rotatable bonds is 5. The molecule has 0 heterocycles. The highest BCUT2D eigenvalue weighted by molar-refractivity contribution is 5.90. The molecule has 0 saturated carbocycles. The number of hydrogen-bond donors (Lipinski definition) is 1. The Morgan fingerprint density at radius 3 is 1.31 bits per heavy atom. The summed E-state index contributed by atoms with van der Waals surface area (Å²) in [5.74, 6) is -48.6. The normalized spacial score (nSPS) is 14.3. The Balaban J connectivity index is 4.01. The van der Waals surface area contributed by atoms with E-state index in [0.717, 1.165) is 0 Å². The van der Waals surface area contributed by atoms with E-state index in [9.17, 15) is 70.7 Å². The van der Waals surface area contributed by atoms with E-state index in [1.807, 2.05) is 0 Å². The van der Waals surface area contributed by atoms with Crippen molar-refractivity contribution in [2.75, 3.05) is 0 Å². The summed E-state index contributed by atoms with van der Waals surface area (Å²) in [4.78, 5) is 10.6. The highest BCUT2D eigenvalue weighted by Gasteiger charge is 2.87. The van der Waals surface area contributed by atoms with Crippen molar-refractivity contribution in [3.05, 3.63) is 34.4 Å². The van der Waals surface area contributed by atoms with Crippen LogP contribution in [-0.4, -0.2) is 35.0 Å². The molecule has 0 amide bonds. The van der Waals surface area contributed by atoms with Gasteiger partial charge in [-0.25, -0.2) is 22.4 Å². The van der Waals surface area contributed by atoms with Gasteiger partial charge in [0.2, 0.25) is 0 Å². The van der Waals surface area contributed by atoms with Crippen molar-refractivity contribution in [1.29, 1.82) is 0 Å². The summed E-state index contributed by atoms with van der Waals surface area (Å²) in [6.07, 6.45) is -7.59. The van der Waals surface area contributed by atoms with Gasteiger partial charge in [-0.15, -0.1) is 0 Å². The van der Waals surface area contributed by atoms with Crippen molar-refractivity contribution in [2.24, 2.45) is 0 Å². The van der Waals surface area contributed by atoms with Crippen LogP contribution in [0.25, 0.3) is 0 Å². The maximum Gasteiger partial charge on any atom is 0.460 e. The van der Waals surface area contributed by atoms with Crippen LogP contribution in [0.15, 0.2) is 0 Å². The molecule has 0 atom stereocenters. The van der Waals surface area contributed by atoms with Crippen LogP contribution in [0.5, 0.6) is 0 Å². The SMILES string of the molecule is O=C(O)c1c(F)c(F)c(F)c(F)c1C(F)(F)C(F)(F)C(F)(F)C(F)(F)C(F)(F)F. The van der Waals surface area contributed by atoms with Gasteiger partial charge in [0, 0.05) is 0 Å². The monoisotopic (exact) mass is 462 g/mol. The fourth-order valence-corrected chi connectivity index (χ4v) is 1.86. The molecule has 1 N–H and O–H groups in total. The molecule has 0 spiro atoms. The molecule has 0 radical (unpaired) electrons. The smallest absolute Gasteiger partial charge is 0.460 e. The lowest BCUT2D eigenvalue weighted by Gasteiger charge is -2.37. The molecule has 2 nitrogen and oxygen atoms in total. The summed E-state index contributed by atoms with van der Waals surface area (Å²) in [7, 11) is 0. The Bertz CT molecular complexity index is 839. The lowest BCUT2D eigenvalue weighted by Crippen LogP contribution is -2.65.